The van der Waals surface area contributed by atoms with Gasteiger partial charge in [-0.25, -0.2) is 0 Å². The molecule has 0 heterocycles. The Hall–Kier alpha value is -1.36. The van der Waals surface area contributed by atoms with Gasteiger partial charge >= 0.3 is 11.9 Å². The number of unbranched alkanes of at least 4 members (excludes halogenated alkanes) is 36. The second-order valence-corrected chi connectivity index (χ2v) is 17.8. The Bertz CT molecular complexity index is 840. The smallest absolute Gasteiger partial charge is 0.306 e. The lowest BCUT2D eigenvalue weighted by atomic mass is 10.1. The molecule has 5 nitrogen and oxygen atoms in total. The molecule has 344 valence electrons. The summed E-state index contributed by atoms with van der Waals surface area (Å²) in [5, 5.41) is 0. The fraction of sp³-hybridized carbons (Fsp3) is 0.925. The van der Waals surface area contributed by atoms with Crippen molar-refractivity contribution < 1.29 is 23.8 Å². The summed E-state index contributed by atoms with van der Waals surface area (Å²) in [5.41, 5.74) is 0. The van der Waals surface area contributed by atoms with Gasteiger partial charge in [0.2, 0.25) is 0 Å². The lowest BCUT2D eigenvalue weighted by Crippen LogP contribution is -2.30. The summed E-state index contributed by atoms with van der Waals surface area (Å²) in [6, 6.07) is 0. The third-order valence-corrected chi connectivity index (χ3v) is 11.8. The van der Waals surface area contributed by atoms with E-state index < -0.39 is 6.10 Å². The molecule has 0 bridgehead atoms. The van der Waals surface area contributed by atoms with E-state index in [0.717, 1.165) is 32.1 Å². The number of allylic oxidation sites excluding steroid dienone is 2. The van der Waals surface area contributed by atoms with Crippen molar-refractivity contribution >= 4 is 11.9 Å². The first-order valence-corrected chi connectivity index (χ1v) is 26.2. The van der Waals surface area contributed by atoms with Crippen LogP contribution in [0, 0.1) is 0 Å². The van der Waals surface area contributed by atoms with E-state index in [-0.39, 0.29) is 18.5 Å². The molecule has 1 unspecified atom stereocenters. The molecule has 0 aliphatic rings. The van der Waals surface area contributed by atoms with Crippen molar-refractivity contribution in [1.82, 2.24) is 0 Å². The van der Waals surface area contributed by atoms with Crippen LogP contribution in [-0.2, 0) is 23.8 Å². The van der Waals surface area contributed by atoms with Crippen molar-refractivity contribution in [2.45, 2.75) is 297 Å². The van der Waals surface area contributed by atoms with Crippen molar-refractivity contribution in [3.63, 3.8) is 0 Å². The van der Waals surface area contributed by atoms with E-state index in [1.54, 1.807) is 0 Å². The monoisotopic (exact) mass is 819 g/mol. The highest BCUT2D eigenvalue weighted by Gasteiger charge is 2.17. The Morgan fingerprint density at radius 1 is 0.362 bits per heavy atom. The third-order valence-electron chi connectivity index (χ3n) is 11.8. The minimum Gasteiger partial charge on any atom is -0.462 e. The average molecular weight is 819 g/mol. The first kappa shape index (κ1) is 56.6. The molecule has 0 spiro atoms. The molecule has 58 heavy (non-hydrogen) atoms. The molecular weight excluding hydrogens is 717 g/mol. The number of ether oxygens (including phenoxy) is 3. The van der Waals surface area contributed by atoms with E-state index in [9.17, 15) is 9.59 Å². The summed E-state index contributed by atoms with van der Waals surface area (Å²) >= 11 is 0. The molecule has 0 saturated carbocycles. The fourth-order valence-corrected chi connectivity index (χ4v) is 7.86. The summed E-state index contributed by atoms with van der Waals surface area (Å²) in [5.74, 6) is -0.379. The molecule has 0 aromatic carbocycles. The quantitative estimate of drug-likeness (QED) is 0.0348. The van der Waals surface area contributed by atoms with Gasteiger partial charge in [-0.15, -0.1) is 0 Å². The minimum atomic E-state index is -0.525. The van der Waals surface area contributed by atoms with Gasteiger partial charge < -0.3 is 14.2 Å². The van der Waals surface area contributed by atoms with Crippen molar-refractivity contribution in [2.24, 2.45) is 0 Å². The van der Waals surface area contributed by atoms with Crippen LogP contribution in [-0.4, -0.2) is 37.9 Å². The Kier molecular flexibility index (Phi) is 48.8. The molecule has 5 heteroatoms. The zero-order valence-electron chi connectivity index (χ0n) is 39.6. The number of hydrogen-bond acceptors (Lipinski definition) is 5. The molecule has 0 saturated heterocycles. The van der Waals surface area contributed by atoms with E-state index in [1.807, 2.05) is 0 Å². The second-order valence-electron chi connectivity index (χ2n) is 17.8. The maximum Gasteiger partial charge on any atom is 0.306 e. The zero-order valence-corrected chi connectivity index (χ0v) is 39.6. The van der Waals surface area contributed by atoms with Gasteiger partial charge in [-0.3, -0.25) is 9.59 Å². The zero-order chi connectivity index (χ0) is 42.1. The Labute approximate surface area is 363 Å². The normalized spacial score (nSPS) is 12.1. The van der Waals surface area contributed by atoms with Crippen LogP contribution >= 0.6 is 0 Å². The molecule has 0 amide bonds. The van der Waals surface area contributed by atoms with Crippen molar-refractivity contribution in [3.05, 3.63) is 12.2 Å². The summed E-state index contributed by atoms with van der Waals surface area (Å²) in [7, 11) is 0. The minimum absolute atomic E-state index is 0.0941. The van der Waals surface area contributed by atoms with Crippen molar-refractivity contribution in [3.8, 4) is 0 Å². The highest BCUT2D eigenvalue weighted by atomic mass is 16.6. The summed E-state index contributed by atoms with van der Waals surface area (Å²) in [4.78, 5) is 25.3. The van der Waals surface area contributed by atoms with Gasteiger partial charge in [0.1, 0.15) is 6.61 Å². The van der Waals surface area contributed by atoms with Crippen LogP contribution in [0.15, 0.2) is 12.2 Å². The number of esters is 2. The van der Waals surface area contributed by atoms with E-state index in [1.165, 1.54) is 225 Å². The van der Waals surface area contributed by atoms with E-state index in [4.69, 9.17) is 14.2 Å². The Morgan fingerprint density at radius 2 is 0.672 bits per heavy atom. The predicted molar refractivity (Wildman–Crippen MR) is 252 cm³/mol. The lowest BCUT2D eigenvalue weighted by molar-refractivity contribution is -0.163. The van der Waals surface area contributed by atoms with Gasteiger partial charge in [0, 0.05) is 19.4 Å². The Morgan fingerprint density at radius 3 is 1.05 bits per heavy atom. The highest BCUT2D eigenvalue weighted by molar-refractivity contribution is 5.70. The van der Waals surface area contributed by atoms with Gasteiger partial charge in [0.05, 0.1) is 6.61 Å². The van der Waals surface area contributed by atoms with Crippen LogP contribution in [0.5, 0.6) is 0 Å². The first-order valence-electron chi connectivity index (χ1n) is 26.2. The topological polar surface area (TPSA) is 61.8 Å². The molecule has 0 rings (SSSR count). The number of rotatable bonds is 49. The van der Waals surface area contributed by atoms with E-state index >= 15 is 0 Å². The average Bonchev–Trinajstić information content (AvgIpc) is 3.22. The molecule has 0 aromatic heterocycles. The summed E-state index contributed by atoms with van der Waals surface area (Å²) in [6.07, 6.45) is 56.5. The number of carbonyl (C=O) groups is 2. The SMILES string of the molecule is CCCCCCCC/C=C\CCCCCCCCCCCCOCC(COC(=O)CCCCCCCCCCCCC)OC(=O)CCCCCCCCCCCCC. The molecule has 0 aliphatic heterocycles. The van der Waals surface area contributed by atoms with Crippen LogP contribution in [0.4, 0.5) is 0 Å². The largest absolute Gasteiger partial charge is 0.462 e. The molecule has 0 radical (unpaired) electrons. The van der Waals surface area contributed by atoms with Gasteiger partial charge in [-0.2, -0.15) is 0 Å². The van der Waals surface area contributed by atoms with Crippen LogP contribution < -0.4 is 0 Å². The molecular formula is C53H102O5. The molecule has 0 fully saturated rings. The molecule has 1 atom stereocenters. The second kappa shape index (κ2) is 50.0. The van der Waals surface area contributed by atoms with E-state index in [0.29, 0.717) is 26.1 Å². The maximum atomic E-state index is 12.7. The number of carbonyl (C=O) groups excluding carboxylic acids is 2. The lowest BCUT2D eigenvalue weighted by Gasteiger charge is -2.18. The van der Waals surface area contributed by atoms with Gasteiger partial charge in [0.15, 0.2) is 6.10 Å². The number of hydrogen-bond donors (Lipinski definition) is 0. The highest BCUT2D eigenvalue weighted by Crippen LogP contribution is 2.16. The van der Waals surface area contributed by atoms with Crippen molar-refractivity contribution in [1.29, 1.82) is 0 Å². The molecule has 0 aliphatic carbocycles. The van der Waals surface area contributed by atoms with E-state index in [2.05, 4.69) is 32.9 Å². The summed E-state index contributed by atoms with van der Waals surface area (Å²) < 4.78 is 17.4. The van der Waals surface area contributed by atoms with Crippen LogP contribution in [0.2, 0.25) is 0 Å². The Balaban J connectivity index is 4.12. The van der Waals surface area contributed by atoms with Gasteiger partial charge in [-0.1, -0.05) is 245 Å². The predicted octanol–water partition coefficient (Wildman–Crippen LogP) is 17.5. The molecule has 0 N–H and O–H groups in total. The van der Waals surface area contributed by atoms with Gasteiger partial charge in [0.25, 0.3) is 0 Å². The standard InChI is InChI=1S/C53H102O5/c1-4-7-10-13-16-19-22-23-24-25-26-27-28-29-30-33-36-39-42-45-48-56-49-51(58-53(55)47-44-41-38-35-32-21-18-15-12-9-6-3)50-57-52(54)46-43-40-37-34-31-20-17-14-11-8-5-2/h23-24,51H,4-22,25-50H2,1-3H3/b24-23-. The van der Waals surface area contributed by atoms with Crippen LogP contribution in [0.3, 0.4) is 0 Å². The molecule has 0 aromatic rings. The first-order chi connectivity index (χ1) is 28.6. The van der Waals surface area contributed by atoms with Crippen LogP contribution in [0.25, 0.3) is 0 Å². The van der Waals surface area contributed by atoms with Gasteiger partial charge in [-0.05, 0) is 44.9 Å². The summed E-state index contributed by atoms with van der Waals surface area (Å²) in [6.45, 7) is 7.87. The third kappa shape index (κ3) is 47.3. The van der Waals surface area contributed by atoms with Crippen LogP contribution in [0.1, 0.15) is 290 Å². The maximum absolute atomic E-state index is 12.7. The fourth-order valence-electron chi connectivity index (χ4n) is 7.86. The van der Waals surface area contributed by atoms with Crippen molar-refractivity contribution in [2.75, 3.05) is 19.8 Å².